The molecule has 2 nitrogen and oxygen atoms in total. The van der Waals surface area contributed by atoms with Crippen molar-refractivity contribution in [3.63, 3.8) is 0 Å². The van der Waals surface area contributed by atoms with Crippen LogP contribution in [0.2, 0.25) is 0 Å². The van der Waals surface area contributed by atoms with Crippen molar-refractivity contribution in [1.82, 2.24) is 9.97 Å². The molecule has 0 bridgehead atoms. The third-order valence-electron chi connectivity index (χ3n) is 2.09. The highest BCUT2D eigenvalue weighted by Gasteiger charge is 2.21. The van der Waals surface area contributed by atoms with Gasteiger partial charge < -0.3 is 0 Å². The Balaban J connectivity index is -0.0000000817. The lowest BCUT2D eigenvalue weighted by Gasteiger charge is -2.22. The van der Waals surface area contributed by atoms with E-state index in [0.29, 0.717) is 0 Å². The highest BCUT2D eigenvalue weighted by molar-refractivity contribution is 5.14. The topological polar surface area (TPSA) is 25.8 Å². The van der Waals surface area contributed by atoms with Gasteiger partial charge in [-0.1, -0.05) is 86.1 Å². The monoisotopic (exact) mass is 288 g/mol. The summed E-state index contributed by atoms with van der Waals surface area (Å²) in [4.78, 5) is 8.92. The van der Waals surface area contributed by atoms with Crippen LogP contribution in [0.4, 0.5) is 0 Å². The van der Waals surface area contributed by atoms with Gasteiger partial charge in [-0.2, -0.15) is 0 Å². The summed E-state index contributed by atoms with van der Waals surface area (Å²) in [6.45, 7) is 12.9. The summed E-state index contributed by atoms with van der Waals surface area (Å²) in [7, 11) is 0. The van der Waals surface area contributed by atoms with Crippen LogP contribution in [0.1, 0.15) is 97.6 Å². The second-order valence-corrected chi connectivity index (χ2v) is 5.77. The molecule has 1 heterocycles. The van der Waals surface area contributed by atoms with E-state index in [1.165, 1.54) is 0 Å². The van der Waals surface area contributed by atoms with E-state index in [4.69, 9.17) is 0 Å². The third kappa shape index (κ3) is 9.94. The van der Waals surface area contributed by atoms with E-state index in [-0.39, 0.29) is 55.4 Å². The van der Waals surface area contributed by atoms with Crippen LogP contribution >= 0.6 is 0 Å². The molecule has 0 atom stereocenters. The van der Waals surface area contributed by atoms with Crippen LogP contribution in [-0.4, -0.2) is 9.97 Å². The number of rotatable bonds is 0. The summed E-state index contributed by atoms with van der Waals surface area (Å²) in [5, 5.41) is 0. The Bertz CT molecular complexity index is 288. The minimum atomic E-state index is 0. The van der Waals surface area contributed by atoms with Crippen molar-refractivity contribution < 1.29 is 0 Å². The first-order valence-electron chi connectivity index (χ1n) is 5.05. The molecule has 1 rings (SSSR count). The first-order chi connectivity index (χ1) is 6.21. The zero-order valence-corrected chi connectivity index (χ0v) is 10.0. The summed E-state index contributed by atoms with van der Waals surface area (Å²) < 4.78 is 0. The summed E-state index contributed by atoms with van der Waals surface area (Å²) in [6, 6.07) is 2.00. The molecule has 0 aliphatic heterocycles. The van der Waals surface area contributed by atoms with Gasteiger partial charge in [0.1, 0.15) is 5.82 Å². The molecule has 0 fully saturated rings. The summed E-state index contributed by atoms with van der Waals surface area (Å²) >= 11 is 0. The lowest BCUT2D eigenvalue weighted by Crippen LogP contribution is -2.21. The minimum absolute atomic E-state index is 0. The number of hydrogen-bond donors (Lipinski definition) is 0. The van der Waals surface area contributed by atoms with Crippen molar-refractivity contribution in [2.45, 2.75) is 96.9 Å². The molecule has 1 aromatic heterocycles. The van der Waals surface area contributed by atoms with Crippen molar-refractivity contribution in [3.8, 4) is 0 Å². The number of aromatic nitrogens is 2. The van der Waals surface area contributed by atoms with Crippen LogP contribution in [0.15, 0.2) is 12.3 Å². The van der Waals surface area contributed by atoms with E-state index in [2.05, 4.69) is 51.5 Å². The Morgan fingerprint density at radius 1 is 0.700 bits per heavy atom. The van der Waals surface area contributed by atoms with Crippen molar-refractivity contribution >= 4 is 0 Å². The Hall–Kier alpha value is -0.920. The summed E-state index contributed by atoms with van der Waals surface area (Å²) in [5.74, 6) is 0.921. The lowest BCUT2D eigenvalue weighted by molar-refractivity contribution is 0.513. The smallest absolute Gasteiger partial charge is 0.133 e. The first kappa shape index (κ1) is 36.5. The molecule has 0 saturated carbocycles. The van der Waals surface area contributed by atoms with Crippen LogP contribution in [0, 0.1) is 0 Å². The van der Waals surface area contributed by atoms with E-state index in [1.807, 2.05) is 12.3 Å². The molecular formula is C18H44N2. The van der Waals surface area contributed by atoms with E-state index >= 15 is 0 Å². The van der Waals surface area contributed by atoms with Crippen LogP contribution in [0.5, 0.6) is 0 Å². The normalized spacial score (nSPS) is 9.10. The maximum atomic E-state index is 4.60. The Kier molecular flexibility index (Phi) is 21.6. The molecule has 126 valence electrons. The molecule has 0 N–H and O–H groups in total. The van der Waals surface area contributed by atoms with Gasteiger partial charge in [0.25, 0.3) is 0 Å². The van der Waals surface area contributed by atoms with Crippen LogP contribution in [0.25, 0.3) is 0 Å². The molecule has 20 heavy (non-hydrogen) atoms. The minimum Gasteiger partial charge on any atom is -0.241 e. The van der Waals surface area contributed by atoms with E-state index in [9.17, 15) is 0 Å². The maximum absolute atomic E-state index is 4.60. The van der Waals surface area contributed by atoms with Gasteiger partial charge >= 0.3 is 0 Å². The summed E-state index contributed by atoms with van der Waals surface area (Å²) in [5.41, 5.74) is 1.24. The Morgan fingerprint density at radius 3 is 1.40 bits per heavy atom. The van der Waals surface area contributed by atoms with Gasteiger partial charge in [0.2, 0.25) is 0 Å². The predicted molar refractivity (Wildman–Crippen MR) is 99.8 cm³/mol. The molecule has 0 spiro atoms. The Labute approximate surface area is 131 Å². The van der Waals surface area contributed by atoms with Crippen molar-refractivity contribution in [3.05, 3.63) is 23.8 Å². The molecule has 0 aromatic carbocycles. The fourth-order valence-corrected chi connectivity index (χ4v) is 1.14. The number of nitrogens with zero attached hydrogens (tertiary/aromatic N) is 2. The predicted octanol–water partition coefficient (Wildman–Crippen LogP) is 6.89. The molecule has 0 amide bonds. The molecule has 0 aliphatic carbocycles. The van der Waals surface area contributed by atoms with Gasteiger partial charge in [-0.25, -0.2) is 9.97 Å². The highest BCUT2D eigenvalue weighted by Crippen LogP contribution is 2.23. The Morgan fingerprint density at radius 2 is 1.10 bits per heavy atom. The average Bonchev–Trinajstić information content (AvgIpc) is 2.01. The van der Waals surface area contributed by atoms with Crippen LogP contribution in [-0.2, 0) is 10.8 Å². The van der Waals surface area contributed by atoms with Gasteiger partial charge in [-0.15, -0.1) is 0 Å². The average molecular weight is 289 g/mol. The third-order valence-corrected chi connectivity index (χ3v) is 2.09. The highest BCUT2D eigenvalue weighted by atomic mass is 14.9. The van der Waals surface area contributed by atoms with Gasteiger partial charge in [-0.3, -0.25) is 0 Å². The maximum Gasteiger partial charge on any atom is 0.133 e. The fourth-order valence-electron chi connectivity index (χ4n) is 1.14. The second-order valence-electron chi connectivity index (χ2n) is 5.77. The fraction of sp³-hybridized carbons (Fsp3) is 0.778. The molecule has 0 saturated heterocycles. The number of hydrogen-bond acceptors (Lipinski definition) is 2. The molecular weight excluding hydrogens is 244 g/mol. The molecule has 1 aromatic rings. The first-order valence-corrected chi connectivity index (χ1v) is 5.05. The van der Waals surface area contributed by atoms with E-state index in [1.54, 1.807) is 0 Å². The standard InChI is InChI=1S/C12H20N2.6CH4/c1-11(2,3)9-7-8-13-10(14-9)12(4,5)6;;;;;;/h7-8H,1-6H3;6*1H4. The van der Waals surface area contributed by atoms with Crippen molar-refractivity contribution in [2.24, 2.45) is 0 Å². The summed E-state index contributed by atoms with van der Waals surface area (Å²) in [6.07, 6.45) is 1.86. The van der Waals surface area contributed by atoms with Gasteiger partial charge in [-0.05, 0) is 6.07 Å². The second kappa shape index (κ2) is 11.9. The molecule has 0 unspecified atom stereocenters. The van der Waals surface area contributed by atoms with Crippen LogP contribution in [0.3, 0.4) is 0 Å². The lowest BCUT2D eigenvalue weighted by atomic mass is 9.90. The molecule has 0 radical (unpaired) electrons. The van der Waals surface area contributed by atoms with Gasteiger partial charge in [0.05, 0.1) is 0 Å². The van der Waals surface area contributed by atoms with Gasteiger partial charge in [0.15, 0.2) is 0 Å². The largest absolute Gasteiger partial charge is 0.241 e. The zero-order chi connectivity index (χ0) is 11.0. The van der Waals surface area contributed by atoms with Crippen molar-refractivity contribution in [2.75, 3.05) is 0 Å². The zero-order valence-electron chi connectivity index (χ0n) is 10.0. The molecule has 0 aliphatic rings. The SMILES string of the molecule is C.C.C.C.C.C.CC(C)(C)c1ccnc(C(C)(C)C)n1. The van der Waals surface area contributed by atoms with Crippen LogP contribution < -0.4 is 0 Å². The quantitative estimate of drug-likeness (QED) is 0.519. The van der Waals surface area contributed by atoms with Gasteiger partial charge in [0, 0.05) is 22.7 Å². The van der Waals surface area contributed by atoms with E-state index in [0.717, 1.165) is 11.5 Å². The van der Waals surface area contributed by atoms with Crippen molar-refractivity contribution in [1.29, 1.82) is 0 Å². The van der Waals surface area contributed by atoms with E-state index < -0.39 is 0 Å². The molecule has 2 heteroatoms.